The van der Waals surface area contributed by atoms with Gasteiger partial charge in [0, 0.05) is 0 Å². The maximum atomic E-state index is 10.9. The molecule has 1 aromatic carbocycles. The Kier molecular flexibility index (Phi) is 7.78. The number of hydrogen-bond donors (Lipinski definition) is 1. The first-order valence-electron chi connectivity index (χ1n) is 7.62. The van der Waals surface area contributed by atoms with Gasteiger partial charge in [0.1, 0.15) is 5.75 Å². The van der Waals surface area contributed by atoms with Gasteiger partial charge >= 0.3 is 5.97 Å². The second-order valence-corrected chi connectivity index (χ2v) is 5.25. The Morgan fingerprint density at radius 3 is 2.35 bits per heavy atom. The second kappa shape index (κ2) is 9.40. The average molecular weight is 278 g/mol. The van der Waals surface area contributed by atoms with Crippen LogP contribution in [-0.2, 0) is 0 Å². The molecule has 3 heteroatoms. The summed E-state index contributed by atoms with van der Waals surface area (Å²) in [5, 5.41) is 8.95. The fraction of sp³-hybridized carbons (Fsp3) is 0.588. The Bertz CT molecular complexity index is 413. The van der Waals surface area contributed by atoms with Gasteiger partial charge in [0.15, 0.2) is 0 Å². The fourth-order valence-electron chi connectivity index (χ4n) is 2.22. The lowest BCUT2D eigenvalue weighted by molar-refractivity contribution is 0.0696. The number of benzene rings is 1. The van der Waals surface area contributed by atoms with Crippen molar-refractivity contribution in [2.45, 2.75) is 58.8 Å². The summed E-state index contributed by atoms with van der Waals surface area (Å²) < 4.78 is 5.66. The Hall–Kier alpha value is -1.51. The molecule has 0 unspecified atom stereocenters. The van der Waals surface area contributed by atoms with Gasteiger partial charge in [0.2, 0.25) is 0 Å². The summed E-state index contributed by atoms with van der Waals surface area (Å²) >= 11 is 0. The maximum absolute atomic E-state index is 10.9. The van der Waals surface area contributed by atoms with Gasteiger partial charge in [-0.1, -0.05) is 45.4 Å². The molecule has 1 aromatic rings. The van der Waals surface area contributed by atoms with Crippen LogP contribution in [0.5, 0.6) is 5.75 Å². The molecular formula is C17H26O3. The summed E-state index contributed by atoms with van der Waals surface area (Å²) in [5.74, 6) is -0.125. The third kappa shape index (κ3) is 6.09. The molecule has 0 fully saturated rings. The molecule has 0 aliphatic carbocycles. The van der Waals surface area contributed by atoms with Crippen LogP contribution in [0.25, 0.3) is 0 Å². The SMILES string of the molecule is CCCCCCCCCOc1ccc(C(=O)O)c(C)c1. The van der Waals surface area contributed by atoms with Crippen molar-refractivity contribution in [1.82, 2.24) is 0 Å². The van der Waals surface area contributed by atoms with Crippen LogP contribution < -0.4 is 4.74 Å². The molecule has 0 aliphatic heterocycles. The van der Waals surface area contributed by atoms with Crippen LogP contribution in [0.4, 0.5) is 0 Å². The number of carboxylic acid groups (broad SMARTS) is 1. The van der Waals surface area contributed by atoms with Crippen LogP contribution in [0.1, 0.15) is 67.8 Å². The number of rotatable bonds is 10. The Morgan fingerprint density at radius 1 is 1.10 bits per heavy atom. The molecule has 20 heavy (non-hydrogen) atoms. The first-order chi connectivity index (χ1) is 9.65. The predicted molar refractivity (Wildman–Crippen MR) is 81.6 cm³/mol. The van der Waals surface area contributed by atoms with E-state index in [0.29, 0.717) is 12.2 Å². The molecule has 1 N–H and O–H groups in total. The van der Waals surface area contributed by atoms with Crippen LogP contribution in [0, 0.1) is 6.92 Å². The maximum Gasteiger partial charge on any atom is 0.335 e. The third-order valence-electron chi connectivity index (χ3n) is 3.44. The minimum atomic E-state index is -0.888. The summed E-state index contributed by atoms with van der Waals surface area (Å²) in [6.45, 7) is 4.73. The molecule has 0 saturated carbocycles. The van der Waals surface area contributed by atoms with Crippen molar-refractivity contribution in [1.29, 1.82) is 0 Å². The van der Waals surface area contributed by atoms with Crippen molar-refractivity contribution in [3.63, 3.8) is 0 Å². The highest BCUT2D eigenvalue weighted by atomic mass is 16.5. The fourth-order valence-corrected chi connectivity index (χ4v) is 2.22. The molecular weight excluding hydrogens is 252 g/mol. The largest absolute Gasteiger partial charge is 0.494 e. The topological polar surface area (TPSA) is 46.5 Å². The lowest BCUT2D eigenvalue weighted by Gasteiger charge is -2.08. The van der Waals surface area contributed by atoms with E-state index in [1.54, 1.807) is 25.1 Å². The van der Waals surface area contributed by atoms with Crippen LogP contribution in [0.3, 0.4) is 0 Å². The first-order valence-corrected chi connectivity index (χ1v) is 7.62. The van der Waals surface area contributed by atoms with Gasteiger partial charge in [0.25, 0.3) is 0 Å². The highest BCUT2D eigenvalue weighted by Gasteiger charge is 2.07. The zero-order chi connectivity index (χ0) is 14.8. The molecule has 0 radical (unpaired) electrons. The smallest absolute Gasteiger partial charge is 0.335 e. The van der Waals surface area contributed by atoms with E-state index in [4.69, 9.17) is 9.84 Å². The van der Waals surface area contributed by atoms with E-state index in [0.717, 1.165) is 17.7 Å². The number of unbranched alkanes of at least 4 members (excludes halogenated alkanes) is 6. The minimum absolute atomic E-state index is 0.341. The van der Waals surface area contributed by atoms with Crippen LogP contribution >= 0.6 is 0 Å². The van der Waals surface area contributed by atoms with Gasteiger partial charge in [-0.2, -0.15) is 0 Å². The molecule has 0 saturated heterocycles. The van der Waals surface area contributed by atoms with Crippen molar-refractivity contribution in [2.24, 2.45) is 0 Å². The lowest BCUT2D eigenvalue weighted by Crippen LogP contribution is -2.02. The molecule has 0 heterocycles. The van der Waals surface area contributed by atoms with Crippen LogP contribution in [0.2, 0.25) is 0 Å². The van der Waals surface area contributed by atoms with Gasteiger partial charge in [-0.15, -0.1) is 0 Å². The zero-order valence-corrected chi connectivity index (χ0v) is 12.7. The summed E-state index contributed by atoms with van der Waals surface area (Å²) in [6.07, 6.45) is 8.83. The molecule has 1 rings (SSSR count). The molecule has 0 spiro atoms. The molecule has 0 atom stereocenters. The molecule has 0 aliphatic rings. The van der Waals surface area contributed by atoms with Crippen molar-refractivity contribution < 1.29 is 14.6 Å². The summed E-state index contributed by atoms with van der Waals surface area (Å²) in [4.78, 5) is 10.9. The number of carboxylic acids is 1. The van der Waals surface area contributed by atoms with Crippen molar-refractivity contribution in [3.8, 4) is 5.75 Å². The third-order valence-corrected chi connectivity index (χ3v) is 3.44. The van der Waals surface area contributed by atoms with Crippen LogP contribution in [0.15, 0.2) is 18.2 Å². The van der Waals surface area contributed by atoms with E-state index >= 15 is 0 Å². The quantitative estimate of drug-likeness (QED) is 0.624. The molecule has 0 bridgehead atoms. The number of aryl methyl sites for hydroxylation is 1. The summed E-state index contributed by atoms with van der Waals surface area (Å²) in [6, 6.07) is 5.14. The molecule has 0 aromatic heterocycles. The first kappa shape index (κ1) is 16.5. The van der Waals surface area contributed by atoms with E-state index < -0.39 is 5.97 Å². The van der Waals surface area contributed by atoms with E-state index in [9.17, 15) is 4.79 Å². The summed E-state index contributed by atoms with van der Waals surface area (Å²) in [7, 11) is 0. The Labute approximate surface area is 122 Å². The number of aromatic carboxylic acids is 1. The highest BCUT2D eigenvalue weighted by molar-refractivity contribution is 5.89. The van der Waals surface area contributed by atoms with Gasteiger partial charge < -0.3 is 9.84 Å². The molecule has 0 amide bonds. The molecule has 112 valence electrons. The number of ether oxygens (including phenoxy) is 1. The monoisotopic (exact) mass is 278 g/mol. The summed E-state index contributed by atoms with van der Waals surface area (Å²) in [5.41, 5.74) is 1.09. The normalized spacial score (nSPS) is 10.5. The highest BCUT2D eigenvalue weighted by Crippen LogP contribution is 2.18. The van der Waals surface area contributed by atoms with Gasteiger partial charge in [0.05, 0.1) is 12.2 Å². The van der Waals surface area contributed by atoms with E-state index in [1.165, 1.54) is 38.5 Å². The standard InChI is InChI=1S/C17H26O3/c1-3-4-5-6-7-8-9-12-20-15-10-11-16(17(18)19)14(2)13-15/h10-11,13H,3-9,12H2,1-2H3,(H,18,19). The van der Waals surface area contributed by atoms with E-state index in [-0.39, 0.29) is 0 Å². The minimum Gasteiger partial charge on any atom is -0.494 e. The van der Waals surface area contributed by atoms with Gasteiger partial charge in [-0.05, 0) is 37.1 Å². The number of carbonyl (C=O) groups is 1. The molecule has 3 nitrogen and oxygen atoms in total. The van der Waals surface area contributed by atoms with Crippen molar-refractivity contribution >= 4 is 5.97 Å². The Balaban J connectivity index is 2.19. The lowest BCUT2D eigenvalue weighted by atomic mass is 10.1. The van der Waals surface area contributed by atoms with Crippen LogP contribution in [-0.4, -0.2) is 17.7 Å². The van der Waals surface area contributed by atoms with Gasteiger partial charge in [-0.3, -0.25) is 0 Å². The zero-order valence-electron chi connectivity index (χ0n) is 12.7. The average Bonchev–Trinajstić information content (AvgIpc) is 2.41. The Morgan fingerprint density at radius 2 is 1.75 bits per heavy atom. The van der Waals surface area contributed by atoms with E-state index in [2.05, 4.69) is 6.92 Å². The van der Waals surface area contributed by atoms with E-state index in [1.807, 2.05) is 0 Å². The number of hydrogen-bond acceptors (Lipinski definition) is 2. The van der Waals surface area contributed by atoms with Crippen molar-refractivity contribution in [2.75, 3.05) is 6.61 Å². The predicted octanol–water partition coefficient (Wildman–Crippen LogP) is 4.82. The van der Waals surface area contributed by atoms with Gasteiger partial charge in [-0.25, -0.2) is 4.79 Å². The second-order valence-electron chi connectivity index (χ2n) is 5.25. The van der Waals surface area contributed by atoms with Crippen molar-refractivity contribution in [3.05, 3.63) is 29.3 Å².